The summed E-state index contributed by atoms with van der Waals surface area (Å²) < 4.78 is 59.1. The number of sulfonamides is 2. The number of piperazine rings is 1. The second kappa shape index (κ2) is 8.73. The van der Waals surface area contributed by atoms with Gasteiger partial charge in [0.05, 0.1) is 4.90 Å². The Balaban J connectivity index is 1.42. The highest BCUT2D eigenvalue weighted by atomic mass is 32.2. The molecule has 2 saturated heterocycles. The van der Waals surface area contributed by atoms with Crippen LogP contribution in [-0.2, 0) is 20.0 Å². The summed E-state index contributed by atoms with van der Waals surface area (Å²) in [6.07, 6.45) is 2.61. The summed E-state index contributed by atoms with van der Waals surface area (Å²) in [5, 5.41) is -0.233. The number of amides is 1. The van der Waals surface area contributed by atoms with Gasteiger partial charge in [0.15, 0.2) is 5.76 Å². The predicted octanol–water partition coefficient (Wildman–Crippen LogP) is 1.60. The minimum atomic E-state index is -3.76. The van der Waals surface area contributed by atoms with Crippen molar-refractivity contribution in [1.29, 1.82) is 0 Å². The van der Waals surface area contributed by atoms with Crippen LogP contribution in [0.15, 0.2) is 56.9 Å². The van der Waals surface area contributed by atoms with Gasteiger partial charge in [-0.25, -0.2) is 16.8 Å². The van der Waals surface area contributed by atoms with Crippen LogP contribution in [0.1, 0.15) is 29.8 Å². The zero-order valence-corrected chi connectivity index (χ0v) is 18.6. The number of rotatable bonds is 5. The zero-order valence-electron chi connectivity index (χ0n) is 17.0. The molecule has 0 bridgehead atoms. The summed E-state index contributed by atoms with van der Waals surface area (Å²) in [6, 6.07) is 10.8. The van der Waals surface area contributed by atoms with Crippen molar-refractivity contribution in [2.45, 2.75) is 29.3 Å². The normalized spacial score (nSPS) is 19.4. The maximum Gasteiger partial charge on any atom is 0.289 e. The third-order valence-corrected chi connectivity index (χ3v) is 9.29. The SMILES string of the molecule is O=C(c1ccc(S(=O)(=O)N2CCCCC2)o1)N1CCN(S(=O)(=O)c2ccccc2)CC1. The molecule has 168 valence electrons. The first kappa shape index (κ1) is 22.0. The first-order valence-corrected chi connectivity index (χ1v) is 13.1. The Morgan fingerprint density at radius 3 is 1.97 bits per heavy atom. The van der Waals surface area contributed by atoms with E-state index in [9.17, 15) is 21.6 Å². The van der Waals surface area contributed by atoms with E-state index >= 15 is 0 Å². The molecule has 2 aliphatic heterocycles. The summed E-state index contributed by atoms with van der Waals surface area (Å²) in [5.74, 6) is -0.508. The Kier molecular flexibility index (Phi) is 6.20. The van der Waals surface area contributed by atoms with Gasteiger partial charge in [0.2, 0.25) is 15.1 Å². The van der Waals surface area contributed by atoms with Gasteiger partial charge in [-0.05, 0) is 37.1 Å². The molecule has 11 heteroatoms. The summed E-state index contributed by atoms with van der Waals surface area (Å²) in [5.41, 5.74) is 0. The fourth-order valence-corrected chi connectivity index (χ4v) is 6.71. The fraction of sp³-hybridized carbons (Fsp3) is 0.450. The van der Waals surface area contributed by atoms with Crippen molar-refractivity contribution >= 4 is 26.0 Å². The minimum absolute atomic E-state index is 0.0602. The standard InChI is InChI=1S/C20H25N3O6S2/c24-20(18-9-10-19(29-18)31(27,28)22-11-5-2-6-12-22)21-13-15-23(16-14-21)30(25,26)17-7-3-1-4-8-17/h1,3-4,7-10H,2,5-6,11-16H2. The van der Waals surface area contributed by atoms with E-state index in [-0.39, 0.29) is 41.9 Å². The second-order valence-electron chi connectivity index (χ2n) is 7.59. The smallest absolute Gasteiger partial charge is 0.289 e. The van der Waals surface area contributed by atoms with E-state index in [1.165, 1.54) is 25.6 Å². The van der Waals surface area contributed by atoms with E-state index in [1.807, 2.05) is 0 Å². The monoisotopic (exact) mass is 467 g/mol. The molecule has 0 unspecified atom stereocenters. The van der Waals surface area contributed by atoms with Crippen LogP contribution in [0.25, 0.3) is 0 Å². The third-order valence-electron chi connectivity index (χ3n) is 5.61. The number of nitrogens with zero attached hydrogens (tertiary/aromatic N) is 3. The second-order valence-corrected chi connectivity index (χ2v) is 11.4. The highest BCUT2D eigenvalue weighted by molar-refractivity contribution is 7.89. The molecule has 0 spiro atoms. The number of carbonyl (C=O) groups is 1. The van der Waals surface area contributed by atoms with Crippen LogP contribution in [0.2, 0.25) is 0 Å². The van der Waals surface area contributed by atoms with Gasteiger partial charge in [-0.3, -0.25) is 4.79 Å². The molecule has 2 aromatic rings. The number of piperidine rings is 1. The van der Waals surface area contributed by atoms with Crippen LogP contribution >= 0.6 is 0 Å². The molecule has 1 aromatic heterocycles. The molecular formula is C20H25N3O6S2. The molecule has 0 atom stereocenters. The maximum atomic E-state index is 12.8. The molecule has 0 N–H and O–H groups in total. The van der Waals surface area contributed by atoms with E-state index in [2.05, 4.69) is 0 Å². The van der Waals surface area contributed by atoms with Crippen LogP contribution in [-0.4, -0.2) is 75.5 Å². The predicted molar refractivity (Wildman–Crippen MR) is 112 cm³/mol. The van der Waals surface area contributed by atoms with Gasteiger partial charge in [0.1, 0.15) is 0 Å². The third kappa shape index (κ3) is 4.40. The largest absolute Gasteiger partial charge is 0.438 e. The molecule has 2 aliphatic rings. The van der Waals surface area contributed by atoms with Crippen LogP contribution in [0.3, 0.4) is 0 Å². The Labute approximate surface area is 182 Å². The topological polar surface area (TPSA) is 108 Å². The summed E-state index contributed by atoms with van der Waals surface area (Å²) in [7, 11) is -7.37. The van der Waals surface area contributed by atoms with Crippen LogP contribution < -0.4 is 0 Å². The molecule has 1 aromatic carbocycles. The van der Waals surface area contributed by atoms with Crippen molar-refractivity contribution in [3.05, 3.63) is 48.2 Å². The number of hydrogen-bond donors (Lipinski definition) is 0. The molecule has 0 saturated carbocycles. The summed E-state index contributed by atoms with van der Waals surface area (Å²) >= 11 is 0. The Morgan fingerprint density at radius 2 is 1.32 bits per heavy atom. The lowest BCUT2D eigenvalue weighted by molar-refractivity contribution is 0.0660. The molecule has 4 rings (SSSR count). The van der Waals surface area contributed by atoms with E-state index in [4.69, 9.17) is 4.42 Å². The molecule has 2 fully saturated rings. The molecule has 0 aliphatic carbocycles. The Morgan fingerprint density at radius 1 is 0.710 bits per heavy atom. The van der Waals surface area contributed by atoms with Crippen molar-refractivity contribution < 1.29 is 26.0 Å². The van der Waals surface area contributed by atoms with Crippen LogP contribution in [0, 0.1) is 0 Å². The fourth-order valence-electron chi connectivity index (χ4n) is 3.84. The van der Waals surface area contributed by atoms with Gasteiger partial charge in [-0.15, -0.1) is 0 Å². The highest BCUT2D eigenvalue weighted by Gasteiger charge is 2.33. The Bertz CT molecular complexity index is 1130. The van der Waals surface area contributed by atoms with Crippen molar-refractivity contribution in [1.82, 2.24) is 13.5 Å². The summed E-state index contributed by atoms with van der Waals surface area (Å²) in [4.78, 5) is 14.5. The van der Waals surface area contributed by atoms with E-state index in [0.29, 0.717) is 13.1 Å². The quantitative estimate of drug-likeness (QED) is 0.661. The van der Waals surface area contributed by atoms with Gasteiger partial charge < -0.3 is 9.32 Å². The molecule has 1 amide bonds. The first-order chi connectivity index (χ1) is 14.8. The van der Waals surface area contributed by atoms with Crippen molar-refractivity contribution in [2.24, 2.45) is 0 Å². The molecule has 9 nitrogen and oxygen atoms in total. The first-order valence-electron chi connectivity index (χ1n) is 10.2. The van der Waals surface area contributed by atoms with Crippen molar-refractivity contribution in [3.63, 3.8) is 0 Å². The van der Waals surface area contributed by atoms with E-state index < -0.39 is 26.0 Å². The lowest BCUT2D eigenvalue weighted by Gasteiger charge is -2.33. The Hall–Kier alpha value is -2.21. The van der Waals surface area contributed by atoms with Crippen molar-refractivity contribution in [3.8, 4) is 0 Å². The number of benzene rings is 1. The van der Waals surface area contributed by atoms with Gasteiger partial charge >= 0.3 is 0 Å². The van der Waals surface area contributed by atoms with Crippen LogP contribution in [0.5, 0.6) is 0 Å². The lowest BCUT2D eigenvalue weighted by Crippen LogP contribution is -2.50. The van der Waals surface area contributed by atoms with E-state index in [0.717, 1.165) is 19.3 Å². The molecule has 3 heterocycles. The van der Waals surface area contributed by atoms with Gasteiger partial charge in [-0.2, -0.15) is 8.61 Å². The number of hydrogen-bond acceptors (Lipinski definition) is 6. The number of furan rings is 1. The number of carbonyl (C=O) groups excluding carboxylic acids is 1. The average molecular weight is 468 g/mol. The van der Waals surface area contributed by atoms with Gasteiger partial charge in [0.25, 0.3) is 15.9 Å². The molecular weight excluding hydrogens is 442 g/mol. The van der Waals surface area contributed by atoms with E-state index in [1.54, 1.807) is 30.3 Å². The molecule has 0 radical (unpaired) electrons. The zero-order chi connectivity index (χ0) is 22.1. The lowest BCUT2D eigenvalue weighted by atomic mass is 10.2. The average Bonchev–Trinajstić information content (AvgIpc) is 3.31. The van der Waals surface area contributed by atoms with Crippen LogP contribution in [0.4, 0.5) is 0 Å². The highest BCUT2D eigenvalue weighted by Crippen LogP contribution is 2.24. The summed E-state index contributed by atoms with van der Waals surface area (Å²) in [6.45, 7) is 1.60. The van der Waals surface area contributed by atoms with Gasteiger partial charge in [0, 0.05) is 39.3 Å². The maximum absolute atomic E-state index is 12.8. The minimum Gasteiger partial charge on any atom is -0.438 e. The molecule has 31 heavy (non-hydrogen) atoms. The van der Waals surface area contributed by atoms with Crippen molar-refractivity contribution in [2.75, 3.05) is 39.3 Å². The van der Waals surface area contributed by atoms with Gasteiger partial charge in [-0.1, -0.05) is 24.6 Å².